The van der Waals surface area contributed by atoms with Gasteiger partial charge in [0.15, 0.2) is 0 Å². The molecule has 0 aliphatic heterocycles. The molecule has 1 heterocycles. The Balaban J connectivity index is 1.99. The molecule has 124 valence electrons. The Bertz CT molecular complexity index is 797. The van der Waals surface area contributed by atoms with Gasteiger partial charge in [-0.3, -0.25) is 0 Å². The van der Waals surface area contributed by atoms with E-state index < -0.39 is 0 Å². The van der Waals surface area contributed by atoms with Crippen molar-refractivity contribution in [3.05, 3.63) is 60.2 Å². The molecular formula is C20H24N4. The van der Waals surface area contributed by atoms with E-state index in [1.54, 1.807) is 0 Å². The van der Waals surface area contributed by atoms with E-state index in [-0.39, 0.29) is 6.04 Å². The quantitative estimate of drug-likeness (QED) is 0.718. The summed E-state index contributed by atoms with van der Waals surface area (Å²) in [5, 5.41) is 4.54. The van der Waals surface area contributed by atoms with Gasteiger partial charge in [-0.1, -0.05) is 42.5 Å². The molecular weight excluding hydrogens is 296 g/mol. The fourth-order valence-electron chi connectivity index (χ4n) is 2.91. The molecule has 0 aliphatic rings. The highest BCUT2D eigenvalue weighted by molar-refractivity contribution is 5.90. The topological polar surface area (TPSA) is 41.1 Å². The van der Waals surface area contributed by atoms with Crippen LogP contribution in [-0.4, -0.2) is 23.1 Å². The number of para-hydroxylation sites is 1. The first-order valence-electron chi connectivity index (χ1n) is 8.56. The lowest BCUT2D eigenvalue weighted by molar-refractivity contribution is 0.833. The predicted molar refractivity (Wildman–Crippen MR) is 102 cm³/mol. The Morgan fingerprint density at radius 2 is 1.58 bits per heavy atom. The monoisotopic (exact) mass is 320 g/mol. The van der Waals surface area contributed by atoms with E-state index in [2.05, 4.69) is 61.3 Å². The number of aromatic nitrogens is 2. The summed E-state index contributed by atoms with van der Waals surface area (Å²) in [4.78, 5) is 11.8. The van der Waals surface area contributed by atoms with Crippen molar-refractivity contribution in [1.82, 2.24) is 9.97 Å². The van der Waals surface area contributed by atoms with Crippen LogP contribution in [0.1, 0.15) is 32.4 Å². The molecule has 0 saturated carbocycles. The maximum atomic E-state index is 4.81. The van der Waals surface area contributed by atoms with Crippen molar-refractivity contribution in [2.75, 3.05) is 23.3 Å². The lowest BCUT2D eigenvalue weighted by Gasteiger charge is -2.23. The Morgan fingerprint density at radius 1 is 0.917 bits per heavy atom. The summed E-state index contributed by atoms with van der Waals surface area (Å²) >= 11 is 0. The van der Waals surface area contributed by atoms with Gasteiger partial charge in [0.1, 0.15) is 5.82 Å². The SMILES string of the molecule is CCN(CC)c1nc(NC(C)c2ccccc2)nc2ccccc12. The average molecular weight is 320 g/mol. The first-order chi connectivity index (χ1) is 11.7. The molecule has 0 saturated heterocycles. The van der Waals surface area contributed by atoms with Gasteiger partial charge >= 0.3 is 0 Å². The predicted octanol–water partition coefficient (Wildman–Crippen LogP) is 4.65. The van der Waals surface area contributed by atoms with Gasteiger partial charge in [0.25, 0.3) is 0 Å². The van der Waals surface area contributed by atoms with Crippen molar-refractivity contribution in [3.8, 4) is 0 Å². The van der Waals surface area contributed by atoms with Crippen LogP contribution in [0.2, 0.25) is 0 Å². The van der Waals surface area contributed by atoms with Crippen LogP contribution in [0.25, 0.3) is 10.9 Å². The molecule has 0 fully saturated rings. The molecule has 1 aromatic heterocycles. The minimum atomic E-state index is 0.150. The Morgan fingerprint density at radius 3 is 2.29 bits per heavy atom. The second-order valence-corrected chi connectivity index (χ2v) is 5.84. The number of nitrogens with zero attached hydrogens (tertiary/aromatic N) is 3. The van der Waals surface area contributed by atoms with Gasteiger partial charge < -0.3 is 10.2 Å². The van der Waals surface area contributed by atoms with Crippen LogP contribution in [0, 0.1) is 0 Å². The summed E-state index contributed by atoms with van der Waals surface area (Å²) in [5.41, 5.74) is 2.19. The molecule has 0 radical (unpaired) electrons. The van der Waals surface area contributed by atoms with E-state index in [0.717, 1.165) is 29.8 Å². The van der Waals surface area contributed by atoms with E-state index >= 15 is 0 Å². The zero-order valence-electron chi connectivity index (χ0n) is 14.5. The van der Waals surface area contributed by atoms with Crippen molar-refractivity contribution >= 4 is 22.7 Å². The summed E-state index contributed by atoms with van der Waals surface area (Å²) < 4.78 is 0. The lowest BCUT2D eigenvalue weighted by atomic mass is 10.1. The van der Waals surface area contributed by atoms with Crippen molar-refractivity contribution in [3.63, 3.8) is 0 Å². The van der Waals surface area contributed by atoms with Gasteiger partial charge in [0, 0.05) is 18.5 Å². The van der Waals surface area contributed by atoms with E-state index in [0.29, 0.717) is 5.95 Å². The van der Waals surface area contributed by atoms with Crippen molar-refractivity contribution in [2.45, 2.75) is 26.8 Å². The zero-order valence-corrected chi connectivity index (χ0v) is 14.5. The van der Waals surface area contributed by atoms with E-state index in [4.69, 9.17) is 9.97 Å². The second-order valence-electron chi connectivity index (χ2n) is 5.84. The molecule has 0 aliphatic carbocycles. The number of hydrogen-bond acceptors (Lipinski definition) is 4. The highest BCUT2D eigenvalue weighted by atomic mass is 15.2. The van der Waals surface area contributed by atoms with Crippen LogP contribution < -0.4 is 10.2 Å². The number of anilines is 2. The first-order valence-corrected chi connectivity index (χ1v) is 8.56. The van der Waals surface area contributed by atoms with Gasteiger partial charge in [-0.05, 0) is 38.5 Å². The Kier molecular flexibility index (Phi) is 4.94. The fraction of sp³-hybridized carbons (Fsp3) is 0.300. The molecule has 24 heavy (non-hydrogen) atoms. The zero-order chi connectivity index (χ0) is 16.9. The number of fused-ring (bicyclic) bond motifs is 1. The van der Waals surface area contributed by atoms with E-state index in [9.17, 15) is 0 Å². The van der Waals surface area contributed by atoms with Gasteiger partial charge in [0.2, 0.25) is 5.95 Å². The molecule has 4 heteroatoms. The van der Waals surface area contributed by atoms with Crippen LogP contribution in [0.3, 0.4) is 0 Å². The summed E-state index contributed by atoms with van der Waals surface area (Å²) in [5.74, 6) is 1.67. The maximum absolute atomic E-state index is 4.81. The molecule has 2 aromatic carbocycles. The molecule has 1 N–H and O–H groups in total. The van der Waals surface area contributed by atoms with Gasteiger partial charge in [0.05, 0.1) is 11.6 Å². The number of nitrogens with one attached hydrogen (secondary N) is 1. The maximum Gasteiger partial charge on any atom is 0.225 e. The number of rotatable bonds is 6. The van der Waals surface area contributed by atoms with Gasteiger partial charge in [-0.15, -0.1) is 0 Å². The summed E-state index contributed by atoms with van der Waals surface area (Å²) in [6.07, 6.45) is 0. The summed E-state index contributed by atoms with van der Waals surface area (Å²) in [7, 11) is 0. The number of hydrogen-bond donors (Lipinski definition) is 1. The summed E-state index contributed by atoms with van der Waals surface area (Å²) in [6.45, 7) is 8.28. The Hall–Kier alpha value is -2.62. The minimum Gasteiger partial charge on any atom is -0.356 e. The normalized spacial score (nSPS) is 12.1. The second kappa shape index (κ2) is 7.30. The van der Waals surface area contributed by atoms with E-state index in [1.165, 1.54) is 5.56 Å². The largest absolute Gasteiger partial charge is 0.356 e. The van der Waals surface area contributed by atoms with Gasteiger partial charge in [-0.2, -0.15) is 4.98 Å². The molecule has 3 aromatic rings. The van der Waals surface area contributed by atoms with Crippen molar-refractivity contribution in [2.24, 2.45) is 0 Å². The third-order valence-corrected chi connectivity index (χ3v) is 4.29. The summed E-state index contributed by atoms with van der Waals surface area (Å²) in [6, 6.07) is 18.7. The van der Waals surface area contributed by atoms with Crippen LogP contribution in [0.15, 0.2) is 54.6 Å². The standard InChI is InChI=1S/C20H24N4/c1-4-24(5-2)19-17-13-9-10-14-18(17)22-20(23-19)21-15(3)16-11-7-6-8-12-16/h6-15H,4-5H2,1-3H3,(H,21,22,23). The Labute approximate surface area is 143 Å². The lowest BCUT2D eigenvalue weighted by Crippen LogP contribution is -2.24. The number of benzene rings is 2. The smallest absolute Gasteiger partial charge is 0.225 e. The molecule has 1 atom stereocenters. The van der Waals surface area contributed by atoms with E-state index in [1.807, 2.05) is 24.3 Å². The average Bonchev–Trinajstić information content (AvgIpc) is 2.63. The third kappa shape index (κ3) is 3.32. The molecule has 0 amide bonds. The fourth-order valence-corrected chi connectivity index (χ4v) is 2.91. The van der Waals surface area contributed by atoms with Crippen LogP contribution in [-0.2, 0) is 0 Å². The molecule has 3 rings (SSSR count). The van der Waals surface area contributed by atoms with Crippen LogP contribution in [0.4, 0.5) is 11.8 Å². The van der Waals surface area contributed by atoms with Crippen LogP contribution >= 0.6 is 0 Å². The first kappa shape index (κ1) is 16.2. The van der Waals surface area contributed by atoms with Crippen molar-refractivity contribution in [1.29, 1.82) is 0 Å². The minimum absolute atomic E-state index is 0.150. The highest BCUT2D eigenvalue weighted by Crippen LogP contribution is 2.26. The molecule has 4 nitrogen and oxygen atoms in total. The third-order valence-electron chi connectivity index (χ3n) is 4.29. The van der Waals surface area contributed by atoms with Gasteiger partial charge in [-0.25, -0.2) is 4.98 Å². The van der Waals surface area contributed by atoms with Crippen LogP contribution in [0.5, 0.6) is 0 Å². The molecule has 1 unspecified atom stereocenters. The molecule has 0 spiro atoms. The highest BCUT2D eigenvalue weighted by Gasteiger charge is 2.14. The molecule has 0 bridgehead atoms. The van der Waals surface area contributed by atoms with Crippen molar-refractivity contribution < 1.29 is 0 Å².